The lowest BCUT2D eigenvalue weighted by Gasteiger charge is -2.29. The molecule has 10 aromatic rings. The van der Waals surface area contributed by atoms with Crippen LogP contribution in [0.4, 0.5) is 34.1 Å². The predicted molar refractivity (Wildman–Crippen MR) is 249 cm³/mol. The third-order valence-electron chi connectivity index (χ3n) is 11.8. The highest BCUT2D eigenvalue weighted by atomic mass is 15.1. The van der Waals surface area contributed by atoms with Crippen LogP contribution >= 0.6 is 0 Å². The van der Waals surface area contributed by atoms with Gasteiger partial charge in [-0.1, -0.05) is 158 Å². The van der Waals surface area contributed by atoms with Gasteiger partial charge in [-0.2, -0.15) is 0 Å². The second kappa shape index (κ2) is 14.3. The topological polar surface area (TPSA) is 6.48 Å². The fraction of sp³-hybridized carbons (Fsp3) is 0.0357. The largest absolute Gasteiger partial charge is 0.310 e. The molecule has 1 aliphatic carbocycles. The average molecular weight is 741 g/mol. The maximum absolute atomic E-state index is 2.44. The summed E-state index contributed by atoms with van der Waals surface area (Å²) >= 11 is 0. The summed E-state index contributed by atoms with van der Waals surface area (Å²) in [5.74, 6) is 0. The molecule has 0 N–H and O–H groups in total. The Balaban J connectivity index is 1.13. The highest BCUT2D eigenvalue weighted by Gasteiger charge is 2.23. The number of hydrogen-bond donors (Lipinski definition) is 0. The summed E-state index contributed by atoms with van der Waals surface area (Å²) < 4.78 is 0. The van der Waals surface area contributed by atoms with Crippen molar-refractivity contribution in [2.45, 2.75) is 12.8 Å². The zero-order valence-corrected chi connectivity index (χ0v) is 32.1. The Hall–Kier alpha value is -7.42. The Morgan fingerprint density at radius 2 is 0.759 bits per heavy atom. The monoisotopic (exact) mass is 740 g/mol. The Morgan fingerprint density at radius 1 is 0.328 bits per heavy atom. The van der Waals surface area contributed by atoms with Crippen LogP contribution in [0.1, 0.15) is 18.4 Å². The predicted octanol–water partition coefficient (Wildman–Crippen LogP) is 16.1. The van der Waals surface area contributed by atoms with Crippen LogP contribution in [0.5, 0.6) is 0 Å². The molecule has 274 valence electrons. The molecule has 10 aromatic carbocycles. The summed E-state index contributed by atoms with van der Waals surface area (Å²) in [4.78, 5) is 4.85. The van der Waals surface area contributed by atoms with E-state index in [1.165, 1.54) is 71.0 Å². The van der Waals surface area contributed by atoms with Crippen molar-refractivity contribution in [2.75, 3.05) is 9.80 Å². The van der Waals surface area contributed by atoms with Crippen molar-refractivity contribution in [1.29, 1.82) is 0 Å². The second-order valence-electron chi connectivity index (χ2n) is 15.2. The van der Waals surface area contributed by atoms with E-state index in [9.17, 15) is 0 Å². The number of hydrogen-bond acceptors (Lipinski definition) is 2. The molecule has 0 spiro atoms. The number of benzene rings is 10. The molecule has 0 radical (unpaired) electrons. The number of rotatable bonds is 8. The standard InChI is InChI=1S/C56H40N2/c1-5-17-39(18-6-1)41-21-13-27-45(37-41)57(43-23-9-3-10-24-43)53-35-33-49-48-30-16-32-52-54(36-34-50(56(48)52)47-29-15-31-51(53)55(47)49)58(44-25-11-4-12-26-44)46-28-14-22-42(38-46)40-19-7-2-8-20-40/h1-7,9-19,21-38H,8,20H2. The fourth-order valence-corrected chi connectivity index (χ4v) is 9.22. The first kappa shape index (κ1) is 33.9. The third kappa shape index (κ3) is 5.73. The van der Waals surface area contributed by atoms with Crippen molar-refractivity contribution < 1.29 is 0 Å². The van der Waals surface area contributed by atoms with E-state index < -0.39 is 0 Å². The van der Waals surface area contributed by atoms with E-state index in [-0.39, 0.29) is 0 Å². The zero-order valence-electron chi connectivity index (χ0n) is 32.1. The van der Waals surface area contributed by atoms with Gasteiger partial charge in [-0.05, 0) is 128 Å². The first-order chi connectivity index (χ1) is 28.8. The molecule has 0 atom stereocenters. The number of anilines is 6. The van der Waals surface area contributed by atoms with Crippen LogP contribution in [-0.2, 0) is 0 Å². The molecule has 11 rings (SSSR count). The summed E-state index contributed by atoms with van der Waals surface area (Å²) in [6.45, 7) is 0. The maximum Gasteiger partial charge on any atom is 0.0540 e. The van der Waals surface area contributed by atoms with Gasteiger partial charge in [-0.25, -0.2) is 0 Å². The molecule has 0 saturated heterocycles. The van der Waals surface area contributed by atoms with Crippen molar-refractivity contribution in [2.24, 2.45) is 0 Å². The molecule has 0 saturated carbocycles. The zero-order chi connectivity index (χ0) is 38.4. The average Bonchev–Trinajstić information content (AvgIpc) is 3.30. The smallest absolute Gasteiger partial charge is 0.0540 e. The lowest BCUT2D eigenvalue weighted by atomic mass is 9.88. The summed E-state index contributed by atoms with van der Waals surface area (Å²) in [5.41, 5.74) is 11.9. The second-order valence-corrected chi connectivity index (χ2v) is 15.2. The Bertz CT molecular complexity index is 3140. The molecular formula is C56H40N2. The molecule has 0 unspecified atom stereocenters. The molecule has 0 bridgehead atoms. The van der Waals surface area contributed by atoms with Gasteiger partial charge in [0.15, 0.2) is 0 Å². The first-order valence-corrected chi connectivity index (χ1v) is 20.2. The van der Waals surface area contributed by atoms with Gasteiger partial charge in [0.2, 0.25) is 0 Å². The van der Waals surface area contributed by atoms with Crippen LogP contribution in [-0.4, -0.2) is 0 Å². The highest BCUT2D eigenvalue weighted by molar-refractivity contribution is 6.35. The van der Waals surface area contributed by atoms with E-state index in [1.807, 2.05) is 0 Å². The quantitative estimate of drug-likeness (QED) is 0.113. The van der Waals surface area contributed by atoms with E-state index in [2.05, 4.69) is 228 Å². The van der Waals surface area contributed by atoms with Gasteiger partial charge in [0.1, 0.15) is 0 Å². The van der Waals surface area contributed by atoms with E-state index in [0.717, 1.165) is 41.3 Å². The van der Waals surface area contributed by atoms with Crippen molar-refractivity contribution in [3.8, 4) is 11.1 Å². The van der Waals surface area contributed by atoms with E-state index in [4.69, 9.17) is 0 Å². The third-order valence-corrected chi connectivity index (χ3v) is 11.8. The van der Waals surface area contributed by atoms with Crippen LogP contribution in [0.15, 0.2) is 218 Å². The fourth-order valence-electron chi connectivity index (χ4n) is 9.22. The van der Waals surface area contributed by atoms with E-state index in [1.54, 1.807) is 0 Å². The van der Waals surface area contributed by atoms with Crippen LogP contribution in [0, 0.1) is 0 Å². The Labute approximate surface area is 339 Å². The SMILES string of the molecule is C1=CCCC(c2cccc(N(c3ccccc3)c3ccc4c5cccc6c(N(c7ccccc7)c7cccc(-c8ccccc8)c7)ccc(c7cccc3c47)c65)c2)=C1. The van der Waals surface area contributed by atoms with Crippen LogP contribution in [0.2, 0.25) is 0 Å². The molecule has 2 heteroatoms. The molecule has 58 heavy (non-hydrogen) atoms. The van der Waals surface area contributed by atoms with Gasteiger partial charge in [0, 0.05) is 33.5 Å². The van der Waals surface area contributed by atoms with Crippen molar-refractivity contribution in [3.05, 3.63) is 224 Å². The van der Waals surface area contributed by atoms with Crippen LogP contribution in [0.3, 0.4) is 0 Å². The number of para-hydroxylation sites is 2. The molecule has 0 aromatic heterocycles. The van der Waals surface area contributed by atoms with Gasteiger partial charge in [-0.15, -0.1) is 0 Å². The molecule has 0 amide bonds. The minimum absolute atomic E-state index is 1.06. The number of nitrogens with zero attached hydrogens (tertiary/aromatic N) is 2. The molecule has 0 heterocycles. The van der Waals surface area contributed by atoms with Crippen molar-refractivity contribution in [1.82, 2.24) is 0 Å². The lowest BCUT2D eigenvalue weighted by Crippen LogP contribution is -2.11. The Morgan fingerprint density at radius 3 is 1.29 bits per heavy atom. The molecule has 1 aliphatic rings. The van der Waals surface area contributed by atoms with Gasteiger partial charge < -0.3 is 9.80 Å². The normalized spacial score (nSPS) is 12.7. The van der Waals surface area contributed by atoms with Gasteiger partial charge in [0.25, 0.3) is 0 Å². The van der Waals surface area contributed by atoms with Gasteiger partial charge in [0.05, 0.1) is 11.4 Å². The van der Waals surface area contributed by atoms with E-state index in [0.29, 0.717) is 0 Å². The van der Waals surface area contributed by atoms with Gasteiger partial charge >= 0.3 is 0 Å². The number of fused-ring (bicyclic) bond motifs is 2. The summed E-state index contributed by atoms with van der Waals surface area (Å²) in [7, 11) is 0. The summed E-state index contributed by atoms with van der Waals surface area (Å²) in [6, 6.07) is 73.3. The van der Waals surface area contributed by atoms with E-state index >= 15 is 0 Å². The molecule has 0 fully saturated rings. The van der Waals surface area contributed by atoms with Crippen molar-refractivity contribution in [3.63, 3.8) is 0 Å². The summed E-state index contributed by atoms with van der Waals surface area (Å²) in [6.07, 6.45) is 8.85. The van der Waals surface area contributed by atoms with Crippen LogP contribution in [0.25, 0.3) is 59.8 Å². The molecule has 2 nitrogen and oxygen atoms in total. The lowest BCUT2D eigenvalue weighted by molar-refractivity contribution is 1.05. The molecular weight excluding hydrogens is 701 g/mol. The first-order valence-electron chi connectivity index (χ1n) is 20.2. The Kier molecular flexibility index (Phi) is 8.33. The summed E-state index contributed by atoms with van der Waals surface area (Å²) in [5, 5.41) is 10.1. The highest BCUT2D eigenvalue weighted by Crippen LogP contribution is 2.49. The van der Waals surface area contributed by atoms with Crippen molar-refractivity contribution >= 4 is 82.8 Å². The molecule has 0 aliphatic heterocycles. The van der Waals surface area contributed by atoms with Crippen LogP contribution < -0.4 is 9.80 Å². The minimum Gasteiger partial charge on any atom is -0.310 e. The van der Waals surface area contributed by atoms with Gasteiger partial charge in [-0.3, -0.25) is 0 Å². The number of allylic oxidation sites excluding steroid dienone is 4. The minimum atomic E-state index is 1.06. The maximum atomic E-state index is 2.44.